The highest BCUT2D eigenvalue weighted by Gasteiger charge is 2.17. The van der Waals surface area contributed by atoms with Gasteiger partial charge >= 0.3 is 0 Å². The second-order valence-electron chi connectivity index (χ2n) is 4.39. The van der Waals surface area contributed by atoms with Crippen molar-refractivity contribution >= 4 is 20.9 Å². The van der Waals surface area contributed by atoms with Gasteiger partial charge < -0.3 is 10.7 Å². The highest BCUT2D eigenvalue weighted by atomic mass is 32.2. The predicted molar refractivity (Wildman–Crippen MR) is 71.3 cm³/mol. The molecule has 1 heterocycles. The summed E-state index contributed by atoms with van der Waals surface area (Å²) in [5.41, 5.74) is 6.92. The number of imidazole rings is 1. The molecule has 1 aromatic carbocycles. The molecule has 0 aliphatic heterocycles. The molecule has 1 unspecified atom stereocenters. The third-order valence-electron chi connectivity index (χ3n) is 3.06. The molecule has 2 aromatic rings. The first-order chi connectivity index (χ1) is 8.47. The molecular weight excluding hydrogens is 250 g/mol. The molecule has 98 valence electrons. The Kier molecular flexibility index (Phi) is 3.41. The fourth-order valence-electron chi connectivity index (χ4n) is 1.99. The van der Waals surface area contributed by atoms with Gasteiger partial charge in [-0.1, -0.05) is 13.0 Å². The zero-order valence-corrected chi connectivity index (χ0v) is 11.3. The number of rotatable bonds is 4. The topological polar surface area (TPSA) is 88.8 Å². The second-order valence-corrected chi connectivity index (χ2v) is 6.37. The van der Waals surface area contributed by atoms with Crippen molar-refractivity contribution in [2.45, 2.75) is 24.2 Å². The van der Waals surface area contributed by atoms with E-state index in [0.29, 0.717) is 12.1 Å². The first kappa shape index (κ1) is 13.0. The van der Waals surface area contributed by atoms with E-state index < -0.39 is 9.84 Å². The summed E-state index contributed by atoms with van der Waals surface area (Å²) in [6.45, 7) is 2.52. The van der Waals surface area contributed by atoms with Crippen molar-refractivity contribution in [2.24, 2.45) is 5.73 Å². The van der Waals surface area contributed by atoms with Gasteiger partial charge in [0, 0.05) is 18.7 Å². The average Bonchev–Trinajstić information content (AvgIpc) is 2.72. The summed E-state index contributed by atoms with van der Waals surface area (Å²) in [4.78, 5) is 7.82. The van der Waals surface area contributed by atoms with E-state index in [9.17, 15) is 8.42 Å². The first-order valence-electron chi connectivity index (χ1n) is 5.86. The SMILES string of the molecule is CCC(CN)c1nc2c(S(C)(=O)=O)cccc2[nH]1. The first-order valence-corrected chi connectivity index (χ1v) is 7.75. The second kappa shape index (κ2) is 4.70. The number of para-hydroxylation sites is 1. The number of H-pyrrole nitrogens is 1. The molecule has 2 rings (SSSR count). The Bertz CT molecular complexity index is 657. The zero-order valence-electron chi connectivity index (χ0n) is 10.5. The van der Waals surface area contributed by atoms with Crippen molar-refractivity contribution in [3.63, 3.8) is 0 Å². The molecule has 0 amide bonds. The molecule has 3 N–H and O–H groups in total. The molecule has 0 aliphatic rings. The summed E-state index contributed by atoms with van der Waals surface area (Å²) < 4.78 is 23.4. The minimum atomic E-state index is -3.27. The summed E-state index contributed by atoms with van der Waals surface area (Å²) in [5.74, 6) is 0.885. The van der Waals surface area contributed by atoms with E-state index in [1.807, 2.05) is 13.0 Å². The van der Waals surface area contributed by atoms with Crippen LogP contribution in [-0.2, 0) is 9.84 Å². The Labute approximate surface area is 106 Å². The summed E-state index contributed by atoms with van der Waals surface area (Å²) in [6.07, 6.45) is 2.06. The van der Waals surface area contributed by atoms with E-state index in [4.69, 9.17) is 5.73 Å². The van der Waals surface area contributed by atoms with Gasteiger partial charge in [0.2, 0.25) is 0 Å². The molecule has 0 saturated carbocycles. The van der Waals surface area contributed by atoms with Crippen LogP contribution in [0.5, 0.6) is 0 Å². The van der Waals surface area contributed by atoms with Gasteiger partial charge in [-0.3, -0.25) is 0 Å². The number of nitrogens with zero attached hydrogens (tertiary/aromatic N) is 1. The third-order valence-corrected chi connectivity index (χ3v) is 4.19. The molecule has 0 bridgehead atoms. The summed E-state index contributed by atoms with van der Waals surface area (Å²) in [6, 6.07) is 5.11. The van der Waals surface area contributed by atoms with Crippen LogP contribution in [0.15, 0.2) is 23.1 Å². The highest BCUT2D eigenvalue weighted by molar-refractivity contribution is 7.91. The lowest BCUT2D eigenvalue weighted by Crippen LogP contribution is -2.12. The Balaban J connectivity index is 2.65. The fourth-order valence-corrected chi connectivity index (χ4v) is 2.82. The number of hydrogen-bond acceptors (Lipinski definition) is 4. The number of sulfone groups is 1. The number of fused-ring (bicyclic) bond motifs is 1. The van der Waals surface area contributed by atoms with Crippen LogP contribution in [0.4, 0.5) is 0 Å². The van der Waals surface area contributed by atoms with Crippen LogP contribution in [0.3, 0.4) is 0 Å². The Hall–Kier alpha value is -1.40. The Morgan fingerprint density at radius 2 is 2.17 bits per heavy atom. The van der Waals surface area contributed by atoms with Crippen LogP contribution in [-0.4, -0.2) is 31.2 Å². The largest absolute Gasteiger partial charge is 0.342 e. The van der Waals surface area contributed by atoms with Crippen molar-refractivity contribution in [1.82, 2.24) is 9.97 Å². The number of benzene rings is 1. The molecule has 18 heavy (non-hydrogen) atoms. The van der Waals surface area contributed by atoms with Crippen LogP contribution in [0.1, 0.15) is 25.1 Å². The minimum absolute atomic E-state index is 0.129. The van der Waals surface area contributed by atoms with Crippen LogP contribution < -0.4 is 5.73 Å². The summed E-state index contributed by atoms with van der Waals surface area (Å²) in [7, 11) is -3.27. The molecule has 5 nitrogen and oxygen atoms in total. The standard InChI is InChI=1S/C12H17N3O2S/c1-3-8(7-13)12-14-9-5-4-6-10(11(9)15-12)18(2,16)17/h4-6,8H,3,7,13H2,1-2H3,(H,14,15). The number of hydrogen-bond donors (Lipinski definition) is 2. The molecule has 1 atom stereocenters. The van der Waals surface area contributed by atoms with E-state index in [-0.39, 0.29) is 10.8 Å². The predicted octanol–water partition coefficient (Wildman–Crippen LogP) is 1.42. The lowest BCUT2D eigenvalue weighted by molar-refractivity contribution is 0.602. The average molecular weight is 267 g/mol. The van der Waals surface area contributed by atoms with Gasteiger partial charge in [0.25, 0.3) is 0 Å². The van der Waals surface area contributed by atoms with Gasteiger partial charge in [-0.15, -0.1) is 0 Å². The molecule has 0 spiro atoms. The van der Waals surface area contributed by atoms with E-state index >= 15 is 0 Å². The Morgan fingerprint density at radius 3 is 2.72 bits per heavy atom. The van der Waals surface area contributed by atoms with E-state index in [1.165, 1.54) is 6.26 Å². The number of aromatic amines is 1. The molecule has 0 aliphatic carbocycles. The number of nitrogens with two attached hydrogens (primary N) is 1. The molecule has 6 heteroatoms. The molecular formula is C12H17N3O2S. The van der Waals surface area contributed by atoms with Crippen molar-refractivity contribution in [3.8, 4) is 0 Å². The van der Waals surface area contributed by atoms with Gasteiger partial charge in [0.1, 0.15) is 11.3 Å². The smallest absolute Gasteiger partial charge is 0.177 e. The summed E-state index contributed by atoms with van der Waals surface area (Å²) >= 11 is 0. The molecule has 1 aromatic heterocycles. The van der Waals surface area contributed by atoms with Crippen LogP contribution in [0.2, 0.25) is 0 Å². The van der Waals surface area contributed by atoms with Crippen molar-refractivity contribution in [3.05, 3.63) is 24.0 Å². The maximum atomic E-state index is 11.7. The normalized spacial score (nSPS) is 13.9. The number of nitrogens with one attached hydrogen (secondary N) is 1. The monoisotopic (exact) mass is 267 g/mol. The highest BCUT2D eigenvalue weighted by Crippen LogP contribution is 2.24. The molecule has 0 saturated heterocycles. The summed E-state index contributed by atoms with van der Waals surface area (Å²) in [5, 5.41) is 0. The maximum absolute atomic E-state index is 11.7. The lowest BCUT2D eigenvalue weighted by atomic mass is 10.1. The van der Waals surface area contributed by atoms with Crippen molar-refractivity contribution in [1.29, 1.82) is 0 Å². The molecule has 0 fully saturated rings. The minimum Gasteiger partial charge on any atom is -0.342 e. The zero-order chi connectivity index (χ0) is 13.3. The van der Waals surface area contributed by atoms with E-state index in [0.717, 1.165) is 17.8 Å². The van der Waals surface area contributed by atoms with Crippen LogP contribution in [0.25, 0.3) is 11.0 Å². The fraction of sp³-hybridized carbons (Fsp3) is 0.417. The maximum Gasteiger partial charge on any atom is 0.177 e. The van der Waals surface area contributed by atoms with Crippen molar-refractivity contribution in [2.75, 3.05) is 12.8 Å². The quantitative estimate of drug-likeness (QED) is 0.876. The Morgan fingerprint density at radius 1 is 1.44 bits per heavy atom. The van der Waals surface area contributed by atoms with Crippen LogP contribution in [0, 0.1) is 0 Å². The van der Waals surface area contributed by atoms with Crippen molar-refractivity contribution < 1.29 is 8.42 Å². The number of aromatic nitrogens is 2. The van der Waals surface area contributed by atoms with E-state index in [1.54, 1.807) is 12.1 Å². The van der Waals surface area contributed by atoms with Gasteiger partial charge in [-0.25, -0.2) is 13.4 Å². The van der Waals surface area contributed by atoms with E-state index in [2.05, 4.69) is 9.97 Å². The van der Waals surface area contributed by atoms with Crippen LogP contribution >= 0.6 is 0 Å². The molecule has 0 radical (unpaired) electrons. The third kappa shape index (κ3) is 2.26. The van der Waals surface area contributed by atoms with Gasteiger partial charge in [-0.2, -0.15) is 0 Å². The van der Waals surface area contributed by atoms with Gasteiger partial charge in [-0.05, 0) is 18.6 Å². The van der Waals surface area contributed by atoms with Gasteiger partial charge in [0.15, 0.2) is 9.84 Å². The lowest BCUT2D eigenvalue weighted by Gasteiger charge is -2.07. The van der Waals surface area contributed by atoms with Gasteiger partial charge in [0.05, 0.1) is 10.4 Å².